The molecule has 0 aromatic heterocycles. The number of nitrogens with zero attached hydrogens (tertiary/aromatic N) is 3. The standard InChI is InChI=1S/C24H28ClN5O3/c25-22-14-21(6-3-18(22)15-26)33-20-7-4-19(5-8-20)28-24(32)23(29-27)2-1-11-30-12-9-17(16-31)10-13-30/h1-3,6,11,14,16-17,19-20,27H,4-5,7-10,12-13H2,(H,28,32)/b11-1+,23-2-,29-27?. The van der Waals surface area contributed by atoms with Gasteiger partial charge in [0.1, 0.15) is 23.8 Å². The molecule has 2 aliphatic rings. The molecule has 1 heterocycles. The lowest BCUT2D eigenvalue weighted by molar-refractivity contribution is -0.118. The van der Waals surface area contributed by atoms with Gasteiger partial charge in [-0.25, -0.2) is 5.53 Å². The molecule has 3 rings (SSSR count). The number of hydrogen-bond donors (Lipinski definition) is 2. The number of aldehydes is 1. The maximum Gasteiger partial charge on any atom is 0.271 e. The second kappa shape index (κ2) is 12.2. The first kappa shape index (κ1) is 24.5. The Kier molecular flexibility index (Phi) is 9.02. The molecule has 2 N–H and O–H groups in total. The number of likely N-dealkylation sites (tertiary alicyclic amines) is 1. The zero-order valence-electron chi connectivity index (χ0n) is 18.4. The summed E-state index contributed by atoms with van der Waals surface area (Å²) < 4.78 is 5.98. The highest BCUT2D eigenvalue weighted by atomic mass is 35.5. The minimum Gasteiger partial charge on any atom is -0.490 e. The average molecular weight is 470 g/mol. The molecule has 33 heavy (non-hydrogen) atoms. The summed E-state index contributed by atoms with van der Waals surface area (Å²) in [4.78, 5) is 25.5. The SMILES string of the molecule is N#Cc1ccc(OC2CCC(NC(=O)/C(=C/C=C/N3CCC(C=O)CC3)N=N)CC2)cc1Cl. The van der Waals surface area contributed by atoms with Gasteiger partial charge in [-0.05, 0) is 69.0 Å². The van der Waals surface area contributed by atoms with Gasteiger partial charge in [-0.2, -0.15) is 10.4 Å². The lowest BCUT2D eigenvalue weighted by atomic mass is 9.93. The Hall–Kier alpha value is -3.18. The molecule has 0 spiro atoms. The van der Waals surface area contributed by atoms with Crippen molar-refractivity contribution in [3.8, 4) is 11.8 Å². The van der Waals surface area contributed by atoms with Crippen molar-refractivity contribution in [2.24, 2.45) is 11.0 Å². The van der Waals surface area contributed by atoms with Crippen molar-refractivity contribution in [3.63, 3.8) is 0 Å². The molecule has 1 aromatic rings. The number of piperidine rings is 1. The highest BCUT2D eigenvalue weighted by Crippen LogP contribution is 2.27. The number of benzene rings is 1. The number of amides is 1. The molecule has 0 unspecified atom stereocenters. The quantitative estimate of drug-likeness (QED) is 0.254. The van der Waals surface area contributed by atoms with Crippen LogP contribution in [-0.4, -0.2) is 42.3 Å². The predicted molar refractivity (Wildman–Crippen MR) is 124 cm³/mol. The summed E-state index contributed by atoms with van der Waals surface area (Å²) in [7, 11) is 0. The number of nitriles is 1. The number of rotatable bonds is 8. The molecule has 2 fully saturated rings. The summed E-state index contributed by atoms with van der Waals surface area (Å²) in [6, 6.07) is 7.06. The van der Waals surface area contributed by atoms with Crippen LogP contribution in [0.25, 0.3) is 0 Å². The van der Waals surface area contributed by atoms with Crippen molar-refractivity contribution in [1.29, 1.82) is 10.8 Å². The Bertz CT molecular complexity index is 955. The van der Waals surface area contributed by atoms with E-state index in [1.165, 1.54) is 6.08 Å². The lowest BCUT2D eigenvalue weighted by Gasteiger charge is -2.29. The fourth-order valence-corrected chi connectivity index (χ4v) is 4.27. The fourth-order valence-electron chi connectivity index (χ4n) is 4.06. The van der Waals surface area contributed by atoms with Crippen LogP contribution >= 0.6 is 11.6 Å². The minimum absolute atomic E-state index is 0.00148. The molecule has 1 aliphatic carbocycles. The van der Waals surface area contributed by atoms with Gasteiger partial charge in [-0.1, -0.05) is 11.6 Å². The van der Waals surface area contributed by atoms with E-state index in [4.69, 9.17) is 27.1 Å². The van der Waals surface area contributed by atoms with Crippen molar-refractivity contribution in [1.82, 2.24) is 10.2 Å². The number of nitrogens with one attached hydrogen (secondary N) is 2. The number of hydrogen-bond acceptors (Lipinski definition) is 7. The Morgan fingerprint density at radius 2 is 1.97 bits per heavy atom. The van der Waals surface area contributed by atoms with E-state index in [-0.39, 0.29) is 29.7 Å². The van der Waals surface area contributed by atoms with Gasteiger partial charge in [0, 0.05) is 31.1 Å². The number of ether oxygens (including phenoxy) is 1. The van der Waals surface area contributed by atoms with E-state index in [1.54, 1.807) is 24.3 Å². The molecular weight excluding hydrogens is 442 g/mol. The van der Waals surface area contributed by atoms with E-state index < -0.39 is 0 Å². The van der Waals surface area contributed by atoms with E-state index in [0.717, 1.165) is 57.9 Å². The monoisotopic (exact) mass is 469 g/mol. The molecule has 1 saturated heterocycles. The maximum atomic E-state index is 12.5. The van der Waals surface area contributed by atoms with Gasteiger partial charge in [0.25, 0.3) is 5.91 Å². The zero-order chi connectivity index (χ0) is 23.6. The number of allylic oxidation sites excluding steroid dienone is 2. The molecular formula is C24H28ClN5O3. The van der Waals surface area contributed by atoms with Gasteiger partial charge in [0.2, 0.25) is 0 Å². The Labute approximate surface area is 198 Å². The van der Waals surface area contributed by atoms with Gasteiger partial charge in [-0.15, -0.1) is 0 Å². The van der Waals surface area contributed by atoms with Crippen LogP contribution in [0.15, 0.2) is 47.4 Å². The zero-order valence-corrected chi connectivity index (χ0v) is 19.1. The van der Waals surface area contributed by atoms with Crippen LogP contribution in [-0.2, 0) is 9.59 Å². The molecule has 1 aromatic carbocycles. The van der Waals surface area contributed by atoms with E-state index in [2.05, 4.69) is 15.3 Å². The fraction of sp³-hybridized carbons (Fsp3) is 0.458. The Balaban J connectivity index is 1.44. The number of halogens is 1. The predicted octanol–water partition coefficient (Wildman–Crippen LogP) is 4.36. The van der Waals surface area contributed by atoms with Crippen LogP contribution in [0.5, 0.6) is 5.75 Å². The third-order valence-corrected chi connectivity index (χ3v) is 6.36. The third-order valence-electron chi connectivity index (χ3n) is 6.04. The van der Waals surface area contributed by atoms with Crippen LogP contribution < -0.4 is 10.1 Å². The third kappa shape index (κ3) is 7.16. The average Bonchev–Trinajstić information content (AvgIpc) is 2.83. The van der Waals surface area contributed by atoms with Crippen LogP contribution in [0.3, 0.4) is 0 Å². The Morgan fingerprint density at radius 1 is 1.24 bits per heavy atom. The second-order valence-corrected chi connectivity index (χ2v) is 8.74. The molecule has 0 radical (unpaired) electrons. The van der Waals surface area contributed by atoms with Gasteiger partial charge in [0.05, 0.1) is 16.7 Å². The lowest BCUT2D eigenvalue weighted by Crippen LogP contribution is -2.40. The van der Waals surface area contributed by atoms with E-state index >= 15 is 0 Å². The van der Waals surface area contributed by atoms with Gasteiger partial charge in [0.15, 0.2) is 0 Å². The molecule has 9 heteroatoms. The molecule has 0 bridgehead atoms. The highest BCUT2D eigenvalue weighted by Gasteiger charge is 2.25. The topological polar surface area (TPSA) is 119 Å². The van der Waals surface area contributed by atoms with E-state index in [1.807, 2.05) is 12.3 Å². The van der Waals surface area contributed by atoms with Gasteiger partial charge < -0.3 is 19.7 Å². The summed E-state index contributed by atoms with van der Waals surface area (Å²) in [5, 5.41) is 15.7. The van der Waals surface area contributed by atoms with Crippen molar-refractivity contribution < 1.29 is 14.3 Å². The first-order chi connectivity index (χ1) is 16.0. The first-order valence-corrected chi connectivity index (χ1v) is 11.5. The van der Waals surface area contributed by atoms with Crippen LogP contribution in [0, 0.1) is 22.8 Å². The highest BCUT2D eigenvalue weighted by molar-refractivity contribution is 6.31. The van der Waals surface area contributed by atoms with Crippen molar-refractivity contribution in [3.05, 3.63) is 52.8 Å². The second-order valence-electron chi connectivity index (χ2n) is 8.33. The summed E-state index contributed by atoms with van der Waals surface area (Å²) in [5.74, 6) is 0.404. The molecule has 1 aliphatic heterocycles. The number of carbonyl (C=O) groups excluding carboxylic acids is 2. The maximum absolute atomic E-state index is 12.5. The van der Waals surface area contributed by atoms with Crippen LogP contribution in [0.1, 0.15) is 44.1 Å². The van der Waals surface area contributed by atoms with Crippen molar-refractivity contribution >= 4 is 23.8 Å². The van der Waals surface area contributed by atoms with Gasteiger partial charge >= 0.3 is 0 Å². The van der Waals surface area contributed by atoms with E-state index in [0.29, 0.717) is 16.3 Å². The Morgan fingerprint density at radius 3 is 2.58 bits per heavy atom. The summed E-state index contributed by atoms with van der Waals surface area (Å²) in [5.41, 5.74) is 7.81. The largest absolute Gasteiger partial charge is 0.490 e. The minimum atomic E-state index is -0.363. The van der Waals surface area contributed by atoms with Crippen molar-refractivity contribution in [2.75, 3.05) is 13.1 Å². The smallest absolute Gasteiger partial charge is 0.271 e. The molecule has 8 nitrogen and oxygen atoms in total. The molecule has 1 amide bonds. The summed E-state index contributed by atoms with van der Waals surface area (Å²) in [6.45, 7) is 1.60. The summed E-state index contributed by atoms with van der Waals surface area (Å²) >= 11 is 6.06. The van der Waals surface area contributed by atoms with Crippen LogP contribution in [0.2, 0.25) is 5.02 Å². The van der Waals surface area contributed by atoms with Crippen molar-refractivity contribution in [2.45, 2.75) is 50.7 Å². The normalized spacial score (nSPS) is 21.9. The molecule has 1 saturated carbocycles. The number of carbonyl (C=O) groups is 2. The van der Waals surface area contributed by atoms with Gasteiger partial charge in [-0.3, -0.25) is 4.79 Å². The summed E-state index contributed by atoms with van der Waals surface area (Å²) in [6.07, 6.45) is 10.9. The molecule has 0 atom stereocenters. The van der Waals surface area contributed by atoms with Crippen LogP contribution in [0.4, 0.5) is 0 Å². The first-order valence-electron chi connectivity index (χ1n) is 11.1. The van der Waals surface area contributed by atoms with E-state index in [9.17, 15) is 9.59 Å². The molecule has 174 valence electrons.